The lowest BCUT2D eigenvalue weighted by molar-refractivity contribution is -0.384. The number of nitrogens with zero attached hydrogens (tertiary/aromatic N) is 3. The van der Waals surface area contributed by atoms with Gasteiger partial charge < -0.3 is 10.0 Å². The van der Waals surface area contributed by atoms with Gasteiger partial charge in [0, 0.05) is 41.6 Å². The van der Waals surface area contributed by atoms with Crippen LogP contribution in [-0.4, -0.2) is 34.9 Å². The predicted molar refractivity (Wildman–Crippen MR) is 116 cm³/mol. The van der Waals surface area contributed by atoms with E-state index in [1.165, 1.54) is 30.3 Å². The summed E-state index contributed by atoms with van der Waals surface area (Å²) >= 11 is 0. The standard InChI is InChI=1S/C23H19N3O5/c27-15-7-4-6-14(12-15)25-22(28)17-9-5-8-16-20(17)18(23(25)29)13-19(26(30)31)21(16)24-10-2-1-3-11-24/h4-9,12-13,27H,1-3,10-11H2. The first-order valence-electron chi connectivity index (χ1n) is 10.1. The normalized spacial score (nSPS) is 16.1. The molecule has 0 aliphatic carbocycles. The summed E-state index contributed by atoms with van der Waals surface area (Å²) in [7, 11) is 0. The van der Waals surface area contributed by atoms with E-state index in [0.29, 0.717) is 35.1 Å². The number of hydrogen-bond acceptors (Lipinski definition) is 6. The van der Waals surface area contributed by atoms with Crippen LogP contribution in [0, 0.1) is 10.1 Å². The second-order valence-corrected chi connectivity index (χ2v) is 7.79. The first kappa shape index (κ1) is 19.0. The fourth-order valence-electron chi connectivity index (χ4n) is 4.59. The SMILES string of the molecule is O=C1c2cccc3c(N4CCCCC4)c([N+](=O)[O-])cc(c23)C(=O)N1c1cccc(O)c1. The lowest BCUT2D eigenvalue weighted by Gasteiger charge is -2.32. The van der Waals surface area contributed by atoms with Crippen LogP contribution < -0.4 is 9.80 Å². The Labute approximate surface area is 177 Å². The average Bonchev–Trinajstić information content (AvgIpc) is 2.77. The van der Waals surface area contributed by atoms with Crippen LogP contribution in [0.1, 0.15) is 40.0 Å². The second-order valence-electron chi connectivity index (χ2n) is 7.79. The molecule has 31 heavy (non-hydrogen) atoms. The van der Waals surface area contributed by atoms with Gasteiger partial charge in [0.15, 0.2) is 0 Å². The summed E-state index contributed by atoms with van der Waals surface area (Å²) in [5, 5.41) is 22.8. The zero-order chi connectivity index (χ0) is 21.7. The molecule has 0 spiro atoms. The highest BCUT2D eigenvalue weighted by atomic mass is 16.6. The smallest absolute Gasteiger partial charge is 0.293 e. The number of phenolic OH excluding ortho intramolecular Hbond substituents is 1. The van der Waals surface area contributed by atoms with Crippen molar-refractivity contribution in [3.8, 4) is 5.75 Å². The number of phenols is 1. The van der Waals surface area contributed by atoms with Crippen molar-refractivity contribution in [2.24, 2.45) is 0 Å². The van der Waals surface area contributed by atoms with E-state index in [0.717, 1.165) is 24.2 Å². The molecule has 0 aromatic heterocycles. The number of piperidine rings is 1. The molecular formula is C23H19N3O5. The van der Waals surface area contributed by atoms with Crippen LogP contribution >= 0.6 is 0 Å². The summed E-state index contributed by atoms with van der Waals surface area (Å²) in [6.07, 6.45) is 2.94. The van der Waals surface area contributed by atoms with E-state index in [9.17, 15) is 24.8 Å². The Morgan fingerprint density at radius 2 is 1.61 bits per heavy atom. The first-order valence-corrected chi connectivity index (χ1v) is 10.1. The van der Waals surface area contributed by atoms with E-state index in [2.05, 4.69) is 0 Å². The molecular weight excluding hydrogens is 398 g/mol. The summed E-state index contributed by atoms with van der Waals surface area (Å²) in [5.74, 6) is -1.26. The van der Waals surface area contributed by atoms with Crippen molar-refractivity contribution < 1.29 is 19.6 Å². The number of nitro benzene ring substituents is 1. The van der Waals surface area contributed by atoms with Crippen LogP contribution in [0.15, 0.2) is 48.5 Å². The molecule has 2 aliphatic heterocycles. The van der Waals surface area contributed by atoms with Crippen molar-refractivity contribution in [2.75, 3.05) is 22.9 Å². The molecule has 1 N–H and O–H groups in total. The fraction of sp³-hybridized carbons (Fsp3) is 0.217. The van der Waals surface area contributed by atoms with E-state index < -0.39 is 16.7 Å². The van der Waals surface area contributed by atoms with E-state index in [1.807, 2.05) is 4.90 Å². The van der Waals surface area contributed by atoms with E-state index in [1.54, 1.807) is 18.2 Å². The van der Waals surface area contributed by atoms with Gasteiger partial charge >= 0.3 is 0 Å². The third-order valence-electron chi connectivity index (χ3n) is 5.94. The van der Waals surface area contributed by atoms with Gasteiger partial charge in [0.2, 0.25) is 0 Å². The van der Waals surface area contributed by atoms with Crippen molar-refractivity contribution in [3.05, 3.63) is 69.8 Å². The minimum absolute atomic E-state index is 0.0893. The Morgan fingerprint density at radius 3 is 2.32 bits per heavy atom. The molecule has 0 unspecified atom stereocenters. The van der Waals surface area contributed by atoms with Crippen LogP contribution in [0.25, 0.3) is 10.8 Å². The van der Waals surface area contributed by atoms with Crippen molar-refractivity contribution in [2.45, 2.75) is 19.3 Å². The summed E-state index contributed by atoms with van der Waals surface area (Å²) in [6, 6.07) is 12.2. The molecule has 0 saturated carbocycles. The number of amides is 2. The molecule has 2 amide bonds. The molecule has 5 rings (SSSR count). The van der Waals surface area contributed by atoms with Crippen LogP contribution in [0.2, 0.25) is 0 Å². The highest BCUT2D eigenvalue weighted by Gasteiger charge is 2.38. The number of imide groups is 1. The van der Waals surface area contributed by atoms with Gasteiger partial charge in [0.25, 0.3) is 17.5 Å². The molecule has 0 atom stereocenters. The van der Waals surface area contributed by atoms with E-state index in [4.69, 9.17) is 0 Å². The molecule has 0 radical (unpaired) electrons. The van der Waals surface area contributed by atoms with E-state index >= 15 is 0 Å². The number of carbonyl (C=O) groups is 2. The number of anilines is 2. The summed E-state index contributed by atoms with van der Waals surface area (Å²) in [4.78, 5) is 41.2. The monoisotopic (exact) mass is 417 g/mol. The van der Waals surface area contributed by atoms with E-state index in [-0.39, 0.29) is 22.7 Å². The maximum Gasteiger partial charge on any atom is 0.293 e. The molecule has 1 fully saturated rings. The predicted octanol–water partition coefficient (Wildman–Crippen LogP) is 4.24. The Kier molecular flexibility index (Phi) is 4.35. The number of rotatable bonds is 3. The first-order chi connectivity index (χ1) is 15.0. The van der Waals surface area contributed by atoms with Crippen molar-refractivity contribution in [1.82, 2.24) is 0 Å². The number of carbonyl (C=O) groups excluding carboxylic acids is 2. The highest BCUT2D eigenvalue weighted by Crippen LogP contribution is 2.43. The Hall–Kier alpha value is -3.94. The maximum absolute atomic E-state index is 13.4. The lowest BCUT2D eigenvalue weighted by atomic mass is 9.91. The van der Waals surface area contributed by atoms with Crippen LogP contribution in [0.3, 0.4) is 0 Å². The lowest BCUT2D eigenvalue weighted by Crippen LogP contribution is -2.40. The second kappa shape index (κ2) is 7.09. The summed E-state index contributed by atoms with van der Waals surface area (Å²) in [6.45, 7) is 1.38. The van der Waals surface area contributed by atoms with Crippen LogP contribution in [0.5, 0.6) is 5.75 Å². The zero-order valence-corrected chi connectivity index (χ0v) is 16.6. The van der Waals surface area contributed by atoms with Gasteiger partial charge in [-0.1, -0.05) is 18.2 Å². The minimum Gasteiger partial charge on any atom is -0.508 e. The molecule has 3 aromatic rings. The largest absolute Gasteiger partial charge is 0.508 e. The van der Waals surface area contributed by atoms with Gasteiger partial charge in [0.1, 0.15) is 11.4 Å². The third kappa shape index (κ3) is 2.91. The van der Waals surface area contributed by atoms with Crippen molar-refractivity contribution in [3.63, 3.8) is 0 Å². The van der Waals surface area contributed by atoms with Gasteiger partial charge in [-0.15, -0.1) is 0 Å². The molecule has 3 aromatic carbocycles. The number of benzene rings is 3. The molecule has 0 bridgehead atoms. The zero-order valence-electron chi connectivity index (χ0n) is 16.6. The van der Waals surface area contributed by atoms with Gasteiger partial charge in [-0.2, -0.15) is 0 Å². The maximum atomic E-state index is 13.4. The van der Waals surface area contributed by atoms with Gasteiger partial charge in [-0.3, -0.25) is 19.7 Å². The van der Waals surface area contributed by atoms with Crippen molar-refractivity contribution >= 4 is 39.6 Å². The Bertz CT molecular complexity index is 1260. The van der Waals surface area contributed by atoms with Crippen LogP contribution in [0.4, 0.5) is 17.1 Å². The topological polar surface area (TPSA) is 104 Å². The fourth-order valence-corrected chi connectivity index (χ4v) is 4.59. The van der Waals surface area contributed by atoms with Gasteiger partial charge in [0.05, 0.1) is 16.2 Å². The molecule has 8 nitrogen and oxygen atoms in total. The van der Waals surface area contributed by atoms with Crippen molar-refractivity contribution in [1.29, 1.82) is 0 Å². The van der Waals surface area contributed by atoms with Gasteiger partial charge in [-0.25, -0.2) is 4.90 Å². The average molecular weight is 417 g/mol. The van der Waals surface area contributed by atoms with Gasteiger partial charge in [-0.05, 0) is 37.5 Å². The quantitative estimate of drug-likeness (QED) is 0.388. The Morgan fingerprint density at radius 1 is 0.903 bits per heavy atom. The number of aromatic hydroxyl groups is 1. The summed E-state index contributed by atoms with van der Waals surface area (Å²) < 4.78 is 0. The molecule has 8 heteroatoms. The molecule has 2 heterocycles. The molecule has 156 valence electrons. The summed E-state index contributed by atoms with van der Waals surface area (Å²) in [5.41, 5.74) is 0.960. The Balaban J connectivity index is 1.78. The highest BCUT2D eigenvalue weighted by molar-refractivity contribution is 6.37. The molecule has 2 aliphatic rings. The van der Waals surface area contributed by atoms with Crippen LogP contribution in [-0.2, 0) is 0 Å². The third-order valence-corrected chi connectivity index (χ3v) is 5.94. The minimum atomic E-state index is -0.646. The molecule has 1 saturated heterocycles. The number of nitro groups is 1. The number of hydrogen-bond donors (Lipinski definition) is 1.